The molecule has 0 aliphatic carbocycles. The van der Waals surface area contributed by atoms with Crippen LogP contribution < -0.4 is 0 Å². The Hall–Kier alpha value is 0.403. The molecule has 0 bridgehead atoms. The molecule has 0 heterocycles. The van der Waals surface area contributed by atoms with Gasteiger partial charge in [0.2, 0.25) is 0 Å². The summed E-state index contributed by atoms with van der Waals surface area (Å²) in [6.45, 7) is 6.13. The van der Waals surface area contributed by atoms with E-state index in [1.807, 2.05) is 5.82 Å². The molecule has 0 aliphatic rings. The summed E-state index contributed by atoms with van der Waals surface area (Å²) in [4.78, 5) is 0. The van der Waals surface area contributed by atoms with Gasteiger partial charge in [-0.1, -0.05) is 0 Å². The van der Waals surface area contributed by atoms with Crippen molar-refractivity contribution in [2.45, 2.75) is 0 Å². The quantitative estimate of drug-likeness (QED) is 0.267. The Morgan fingerprint density at radius 2 is 2.33 bits per heavy atom. The maximum atomic E-state index is 4.99. The van der Waals surface area contributed by atoms with Crippen LogP contribution in [0.5, 0.6) is 0 Å². The molecule has 0 spiro atoms. The topological polar surface area (TPSA) is 0 Å². The molecular weight excluding hydrogens is 182 g/mol. The van der Waals surface area contributed by atoms with Gasteiger partial charge in [0.05, 0.1) is 0 Å². The summed E-state index contributed by atoms with van der Waals surface area (Å²) in [5.41, 5.74) is 0. The third-order valence-electron chi connectivity index (χ3n) is 0.247. The summed E-state index contributed by atoms with van der Waals surface area (Å²) >= 11 is 2.70. The predicted molar refractivity (Wildman–Crippen MR) is 24.9 cm³/mol. The van der Waals surface area contributed by atoms with Crippen LogP contribution in [0.1, 0.15) is 0 Å². The van der Waals surface area contributed by atoms with E-state index in [9.17, 15) is 0 Å². The van der Waals surface area contributed by atoms with Crippen LogP contribution in [0.4, 0.5) is 0 Å². The van der Waals surface area contributed by atoms with Crippen molar-refractivity contribution >= 4 is 6.46 Å². The Labute approximate surface area is 48.7 Å². The third kappa shape index (κ3) is 4.40. The van der Waals surface area contributed by atoms with Gasteiger partial charge in [-0.2, -0.15) is 0 Å². The fourth-order valence-electron chi connectivity index (χ4n) is 0.0784. The van der Waals surface area contributed by atoms with Gasteiger partial charge in [-0.3, -0.25) is 0 Å². The predicted octanol–water partition coefficient (Wildman–Crippen LogP) is 1.90. The van der Waals surface area contributed by atoms with Gasteiger partial charge in [-0.15, -0.1) is 0 Å². The van der Waals surface area contributed by atoms with Gasteiger partial charge in [0.15, 0.2) is 0 Å². The Balaban J connectivity index is 3.17. The summed E-state index contributed by atoms with van der Waals surface area (Å²) < 4.78 is 0. The van der Waals surface area contributed by atoms with E-state index in [1.165, 1.54) is 6.08 Å². The molecule has 0 saturated carbocycles. The molecule has 0 aromatic heterocycles. The molecule has 0 aromatic rings. The molecule has 0 aliphatic heterocycles. The van der Waals surface area contributed by atoms with Crippen molar-refractivity contribution in [3.05, 3.63) is 24.5 Å². The minimum atomic E-state index is 1.14. The van der Waals surface area contributed by atoms with Gasteiger partial charge in [-0.05, 0) is 0 Å². The Morgan fingerprint density at radius 3 is 2.50 bits per heavy atom. The molecule has 35 valence electrons. The fraction of sp³-hybridized carbons (Fsp3) is 0. The van der Waals surface area contributed by atoms with E-state index < -0.39 is 0 Å². The van der Waals surface area contributed by atoms with Gasteiger partial charge < -0.3 is 0 Å². The molecule has 0 unspecified atom stereocenters. The van der Waals surface area contributed by atoms with Crippen molar-refractivity contribution in [2.24, 2.45) is 0 Å². The van der Waals surface area contributed by atoms with E-state index in [0.717, 1.165) is 6.46 Å². The molecule has 0 saturated heterocycles. The first-order valence-corrected chi connectivity index (χ1v) is 4.42. The van der Waals surface area contributed by atoms with Gasteiger partial charge in [0.25, 0.3) is 0 Å². The van der Waals surface area contributed by atoms with E-state index >= 15 is 0 Å². The molecule has 0 rings (SSSR count). The third-order valence-corrected chi connectivity index (χ3v) is 1.25. The molecule has 6 heavy (non-hydrogen) atoms. The Morgan fingerprint density at radius 1 is 1.67 bits per heavy atom. The van der Waals surface area contributed by atoms with E-state index in [0.29, 0.717) is 0 Å². The van der Waals surface area contributed by atoms with Crippen molar-refractivity contribution in [1.82, 2.24) is 0 Å². The molecule has 0 nitrogen and oxygen atoms in total. The molecule has 0 atom stereocenters. The molecule has 0 radical (unpaired) electrons. The number of rotatable bonds is 2. The summed E-state index contributed by atoms with van der Waals surface area (Å²) in [5.74, 6) is 1.92. The van der Waals surface area contributed by atoms with Gasteiger partial charge >= 0.3 is 48.3 Å². The van der Waals surface area contributed by atoms with Crippen molar-refractivity contribution < 1.29 is 17.3 Å². The fourth-order valence-corrected chi connectivity index (χ4v) is 0.658. The molecule has 2 heteroatoms. The molecule has 0 aromatic carbocycles. The first-order valence-electron chi connectivity index (χ1n) is 1.41. The van der Waals surface area contributed by atoms with Crippen LogP contribution in [0.2, 0.25) is 0 Å². The van der Waals surface area contributed by atoms with Crippen LogP contribution in [-0.4, -0.2) is 0 Å². The van der Waals surface area contributed by atoms with E-state index in [-0.39, 0.29) is 0 Å². The van der Waals surface area contributed by atoms with Crippen LogP contribution in [0, 0.1) is 6.58 Å². The zero-order valence-corrected chi connectivity index (χ0v) is 5.62. The summed E-state index contributed by atoms with van der Waals surface area (Å²) in [7, 11) is 0. The zero-order valence-electron chi connectivity index (χ0n) is 3.09. The second-order valence-corrected chi connectivity index (χ2v) is 2.36. The molecular formula is C4H4PRh-. The second-order valence-electron chi connectivity index (χ2n) is 0.620. The van der Waals surface area contributed by atoms with E-state index in [4.69, 9.17) is 6.58 Å². The summed E-state index contributed by atoms with van der Waals surface area (Å²) in [5, 5.41) is 0. The van der Waals surface area contributed by atoms with Gasteiger partial charge in [0.1, 0.15) is 0 Å². The molecule has 0 fully saturated rings. The number of allylic oxidation sites excluding steroid dienone is 2. The Bertz CT molecular complexity index is 65.6. The van der Waals surface area contributed by atoms with Crippen LogP contribution in [0.25, 0.3) is 0 Å². The van der Waals surface area contributed by atoms with E-state index in [1.54, 1.807) is 6.08 Å². The Kier molecular flexibility index (Phi) is 5.77. The number of hydrogen-bond acceptors (Lipinski definition) is 0. The normalized spacial score (nSPS) is 10.2. The van der Waals surface area contributed by atoms with E-state index in [2.05, 4.69) is 17.3 Å². The van der Waals surface area contributed by atoms with Gasteiger partial charge in [0, 0.05) is 0 Å². The SMILES string of the molecule is [CH-]=C/C=C\[P]=[Rh]. The monoisotopic (exact) mass is 186 g/mol. The average Bonchev–Trinajstić information content (AvgIpc) is 1.61. The maximum absolute atomic E-state index is 4.99. The van der Waals surface area contributed by atoms with Crippen molar-refractivity contribution in [3.8, 4) is 0 Å². The van der Waals surface area contributed by atoms with Crippen molar-refractivity contribution in [1.29, 1.82) is 0 Å². The zero-order chi connectivity index (χ0) is 4.83. The van der Waals surface area contributed by atoms with Crippen LogP contribution >= 0.6 is 6.46 Å². The van der Waals surface area contributed by atoms with Crippen LogP contribution in [0.3, 0.4) is 0 Å². The first kappa shape index (κ1) is 6.40. The standard InChI is InChI=1S/C4H4P.Rh/c1-2-3-4-5;/h1-4H;/q-1;/b4-3-;. The average molecular weight is 186 g/mol. The van der Waals surface area contributed by atoms with Crippen LogP contribution in [0.15, 0.2) is 18.0 Å². The number of hydrogen-bond donors (Lipinski definition) is 0. The first-order chi connectivity index (χ1) is 2.91. The summed E-state index contributed by atoms with van der Waals surface area (Å²) in [6, 6.07) is 0. The minimum absolute atomic E-state index is 1.14. The molecule has 0 N–H and O–H groups in total. The van der Waals surface area contributed by atoms with Crippen molar-refractivity contribution in [3.63, 3.8) is 0 Å². The summed E-state index contributed by atoms with van der Waals surface area (Å²) in [6.07, 6.45) is 3.30. The second kappa shape index (κ2) is 5.40. The molecule has 0 amide bonds. The van der Waals surface area contributed by atoms with Crippen molar-refractivity contribution in [2.75, 3.05) is 0 Å². The van der Waals surface area contributed by atoms with Crippen LogP contribution in [-0.2, 0) is 17.3 Å². The van der Waals surface area contributed by atoms with Gasteiger partial charge in [-0.25, -0.2) is 0 Å².